The van der Waals surface area contributed by atoms with Crippen LogP contribution in [0.2, 0.25) is 0 Å². The molecule has 0 saturated heterocycles. The highest BCUT2D eigenvalue weighted by molar-refractivity contribution is 8.00. The molecule has 1 amide bonds. The highest BCUT2D eigenvalue weighted by Gasteiger charge is 2.39. The predicted octanol–water partition coefficient (Wildman–Crippen LogP) is 3.14. The monoisotopic (exact) mass is 363 g/mol. The molecule has 1 aromatic carbocycles. The third kappa shape index (κ3) is 4.18. The molecule has 2 aliphatic rings. The molecular formula is C19H25NO4S. The maximum absolute atomic E-state index is 12.7. The van der Waals surface area contributed by atoms with Gasteiger partial charge in [0, 0.05) is 16.7 Å². The Morgan fingerprint density at radius 1 is 1.28 bits per heavy atom. The number of rotatable bonds is 3. The zero-order valence-electron chi connectivity index (χ0n) is 14.6. The number of esters is 1. The number of fused-ring (bicyclic) bond motifs is 1. The second-order valence-electron chi connectivity index (χ2n) is 6.90. The fraction of sp³-hybridized carbons (Fsp3) is 0.579. The number of hydrogen-bond acceptors (Lipinski definition) is 5. The number of carbonyl (C=O) groups excluding carboxylic acids is 2. The Bertz CT molecular complexity index is 642. The molecule has 6 heteroatoms. The molecule has 1 atom stereocenters. The molecule has 1 aromatic rings. The Hall–Kier alpha value is -1.53. The predicted molar refractivity (Wildman–Crippen MR) is 97.7 cm³/mol. The Morgan fingerprint density at radius 3 is 2.76 bits per heavy atom. The van der Waals surface area contributed by atoms with Crippen LogP contribution < -0.4 is 4.90 Å². The smallest absolute Gasteiger partial charge is 0.338 e. The third-order valence-electron chi connectivity index (χ3n) is 4.93. The molecule has 1 aliphatic carbocycles. The van der Waals surface area contributed by atoms with Crippen molar-refractivity contribution in [3.8, 4) is 0 Å². The van der Waals surface area contributed by atoms with Gasteiger partial charge in [-0.15, -0.1) is 11.8 Å². The number of hydrogen-bond donors (Lipinski definition) is 1. The Balaban J connectivity index is 1.66. The molecule has 136 valence electrons. The van der Waals surface area contributed by atoms with Crippen LogP contribution in [0.25, 0.3) is 0 Å². The van der Waals surface area contributed by atoms with Gasteiger partial charge in [0.15, 0.2) is 12.2 Å². The van der Waals surface area contributed by atoms with Crippen LogP contribution >= 0.6 is 11.8 Å². The third-order valence-corrected chi connectivity index (χ3v) is 6.17. The molecule has 0 unspecified atom stereocenters. The summed E-state index contributed by atoms with van der Waals surface area (Å²) in [6.45, 7) is 2.42. The minimum Gasteiger partial charge on any atom is -0.453 e. The topological polar surface area (TPSA) is 66.8 Å². The summed E-state index contributed by atoms with van der Waals surface area (Å²) in [4.78, 5) is 27.7. The van der Waals surface area contributed by atoms with E-state index in [4.69, 9.17) is 4.74 Å². The van der Waals surface area contributed by atoms with E-state index in [0.29, 0.717) is 24.6 Å². The Labute approximate surface area is 152 Å². The van der Waals surface area contributed by atoms with Crippen molar-refractivity contribution >= 4 is 29.3 Å². The molecule has 5 nitrogen and oxygen atoms in total. The fourth-order valence-electron chi connectivity index (χ4n) is 3.43. The largest absolute Gasteiger partial charge is 0.453 e. The number of ether oxygens (including phenoxy) is 1. The first kappa shape index (κ1) is 18.3. The number of para-hydroxylation sites is 1. The van der Waals surface area contributed by atoms with Gasteiger partial charge in [0.05, 0.1) is 5.69 Å². The maximum atomic E-state index is 12.7. The molecule has 0 bridgehead atoms. The van der Waals surface area contributed by atoms with E-state index < -0.39 is 11.6 Å². The van der Waals surface area contributed by atoms with Crippen LogP contribution in [0.15, 0.2) is 29.2 Å². The Kier molecular flexibility index (Phi) is 5.69. The van der Waals surface area contributed by atoms with Crippen LogP contribution in [-0.2, 0) is 14.3 Å². The van der Waals surface area contributed by atoms with E-state index in [9.17, 15) is 14.7 Å². The summed E-state index contributed by atoms with van der Waals surface area (Å²) in [5, 5.41) is 10.8. The Morgan fingerprint density at radius 2 is 2.00 bits per heavy atom. The van der Waals surface area contributed by atoms with Crippen molar-refractivity contribution in [2.45, 2.75) is 61.2 Å². The molecular weight excluding hydrogens is 338 g/mol. The van der Waals surface area contributed by atoms with E-state index in [1.54, 1.807) is 16.7 Å². The van der Waals surface area contributed by atoms with E-state index in [0.717, 1.165) is 36.3 Å². The van der Waals surface area contributed by atoms with Crippen LogP contribution in [0.5, 0.6) is 0 Å². The summed E-state index contributed by atoms with van der Waals surface area (Å²) in [5.74, 6) is -0.902. The van der Waals surface area contributed by atoms with Gasteiger partial charge in [0.25, 0.3) is 5.91 Å². The average Bonchev–Trinajstić information content (AvgIpc) is 2.78. The molecule has 1 fully saturated rings. The van der Waals surface area contributed by atoms with Crippen molar-refractivity contribution < 1.29 is 19.4 Å². The van der Waals surface area contributed by atoms with E-state index in [1.807, 2.05) is 24.3 Å². The summed E-state index contributed by atoms with van der Waals surface area (Å²) < 4.78 is 5.20. The molecule has 1 saturated carbocycles. The normalized spacial score (nSPS) is 22.6. The standard InChI is InChI=1S/C19H25NO4S/c1-14-9-12-20(15-7-3-4-8-16(15)25-14)17(21)13-24-18(22)19(23)10-5-2-6-11-19/h3-4,7-8,14,23H,2,5-6,9-13H2,1H3/t14-/m0/s1. The molecule has 25 heavy (non-hydrogen) atoms. The summed E-state index contributed by atoms with van der Waals surface area (Å²) in [6, 6.07) is 7.81. The molecule has 0 spiro atoms. The summed E-state index contributed by atoms with van der Waals surface area (Å²) >= 11 is 1.76. The lowest BCUT2D eigenvalue weighted by Crippen LogP contribution is -2.44. The number of benzene rings is 1. The van der Waals surface area contributed by atoms with E-state index in [2.05, 4.69) is 6.92 Å². The molecule has 3 rings (SSSR count). The summed E-state index contributed by atoms with van der Waals surface area (Å²) in [5.41, 5.74) is -0.547. The van der Waals surface area contributed by atoms with Crippen LogP contribution in [-0.4, -0.2) is 41.0 Å². The average molecular weight is 363 g/mol. The number of nitrogens with zero attached hydrogens (tertiary/aromatic N) is 1. The lowest BCUT2D eigenvalue weighted by atomic mass is 9.85. The SMILES string of the molecule is C[C@H]1CCN(C(=O)COC(=O)C2(O)CCCCC2)c2ccccc2S1. The zero-order chi connectivity index (χ0) is 17.9. The van der Waals surface area contributed by atoms with E-state index in [-0.39, 0.29) is 12.5 Å². The number of carbonyl (C=O) groups is 2. The van der Waals surface area contributed by atoms with Crippen molar-refractivity contribution in [3.63, 3.8) is 0 Å². The first-order chi connectivity index (χ1) is 12.0. The summed E-state index contributed by atoms with van der Waals surface area (Å²) in [6.07, 6.45) is 4.36. The molecule has 0 radical (unpaired) electrons. The van der Waals surface area contributed by atoms with Gasteiger partial charge in [-0.1, -0.05) is 25.5 Å². The minimum absolute atomic E-state index is 0.241. The van der Waals surface area contributed by atoms with Crippen molar-refractivity contribution in [2.75, 3.05) is 18.1 Å². The van der Waals surface area contributed by atoms with E-state index in [1.165, 1.54) is 0 Å². The van der Waals surface area contributed by atoms with Gasteiger partial charge >= 0.3 is 5.97 Å². The zero-order valence-corrected chi connectivity index (χ0v) is 15.4. The van der Waals surface area contributed by atoms with Crippen molar-refractivity contribution in [1.29, 1.82) is 0 Å². The van der Waals surface area contributed by atoms with Crippen molar-refractivity contribution in [2.24, 2.45) is 0 Å². The van der Waals surface area contributed by atoms with Gasteiger partial charge in [-0.3, -0.25) is 4.79 Å². The minimum atomic E-state index is -1.42. The molecule has 1 N–H and O–H groups in total. The van der Waals surface area contributed by atoms with Crippen LogP contribution in [0.1, 0.15) is 45.4 Å². The van der Waals surface area contributed by atoms with Gasteiger partial charge in [0.2, 0.25) is 0 Å². The van der Waals surface area contributed by atoms with Gasteiger partial charge in [0.1, 0.15) is 0 Å². The van der Waals surface area contributed by atoms with Crippen LogP contribution in [0.3, 0.4) is 0 Å². The number of amides is 1. The van der Waals surface area contributed by atoms with Crippen molar-refractivity contribution in [1.82, 2.24) is 0 Å². The lowest BCUT2D eigenvalue weighted by molar-refractivity contribution is -0.170. The highest BCUT2D eigenvalue weighted by atomic mass is 32.2. The van der Waals surface area contributed by atoms with Crippen molar-refractivity contribution in [3.05, 3.63) is 24.3 Å². The lowest BCUT2D eigenvalue weighted by Gasteiger charge is -2.30. The number of aliphatic hydroxyl groups is 1. The first-order valence-electron chi connectivity index (χ1n) is 8.95. The van der Waals surface area contributed by atoms with Gasteiger partial charge in [-0.05, 0) is 44.2 Å². The van der Waals surface area contributed by atoms with E-state index >= 15 is 0 Å². The number of anilines is 1. The highest BCUT2D eigenvalue weighted by Crippen LogP contribution is 2.37. The quantitative estimate of drug-likeness (QED) is 0.836. The van der Waals surface area contributed by atoms with Gasteiger partial charge in [-0.25, -0.2) is 4.79 Å². The number of thioether (sulfide) groups is 1. The van der Waals surface area contributed by atoms with Crippen LogP contribution in [0, 0.1) is 0 Å². The van der Waals surface area contributed by atoms with Gasteiger partial charge in [-0.2, -0.15) is 0 Å². The molecule has 1 aliphatic heterocycles. The second kappa shape index (κ2) is 7.79. The molecule has 0 aromatic heterocycles. The first-order valence-corrected chi connectivity index (χ1v) is 9.83. The molecule has 1 heterocycles. The van der Waals surface area contributed by atoms with Gasteiger partial charge < -0.3 is 14.7 Å². The fourth-order valence-corrected chi connectivity index (χ4v) is 4.54. The van der Waals surface area contributed by atoms with Crippen LogP contribution in [0.4, 0.5) is 5.69 Å². The maximum Gasteiger partial charge on any atom is 0.338 e. The summed E-state index contributed by atoms with van der Waals surface area (Å²) in [7, 11) is 0. The second-order valence-corrected chi connectivity index (χ2v) is 8.38.